The number of nitrogens with one attached hydrogen (secondary N) is 2. The van der Waals surface area contributed by atoms with E-state index in [1.807, 2.05) is 0 Å². The molecule has 0 aliphatic carbocycles. The van der Waals surface area contributed by atoms with Crippen molar-refractivity contribution in [3.63, 3.8) is 0 Å². The average molecular weight is 455 g/mol. The van der Waals surface area contributed by atoms with Gasteiger partial charge in [-0.05, 0) is 30.7 Å². The summed E-state index contributed by atoms with van der Waals surface area (Å²) in [4.78, 5) is 4.41. The number of aliphatic imine (C=N–C) groups is 1. The van der Waals surface area contributed by atoms with E-state index in [0.717, 1.165) is 25.3 Å². The largest absolute Gasteiger partial charge is 0.492 e. The topological polar surface area (TPSA) is 79.8 Å². The molecule has 6 nitrogen and oxygen atoms in total. The zero-order valence-corrected chi connectivity index (χ0v) is 17.0. The Morgan fingerprint density at radius 1 is 1.17 bits per heavy atom. The highest BCUT2D eigenvalue weighted by Crippen LogP contribution is 2.15. The molecule has 0 saturated heterocycles. The second-order valence-electron chi connectivity index (χ2n) is 4.87. The lowest BCUT2D eigenvalue weighted by molar-refractivity contribution is 0.321. The molecule has 1 rings (SSSR count). The number of unbranched alkanes of at least 4 members (excludes halogenated alkanes) is 1. The normalized spacial score (nSPS) is 11.5. The molecule has 1 aromatic carbocycles. The Labute approximate surface area is 156 Å². The summed E-state index contributed by atoms with van der Waals surface area (Å²) in [7, 11) is -1.43. The number of nitrogens with zero attached hydrogens (tertiary/aromatic N) is 1. The van der Waals surface area contributed by atoms with Gasteiger partial charge in [-0.25, -0.2) is 8.42 Å². The van der Waals surface area contributed by atoms with E-state index in [9.17, 15) is 8.42 Å². The molecule has 23 heavy (non-hydrogen) atoms. The monoisotopic (exact) mass is 455 g/mol. The van der Waals surface area contributed by atoms with Crippen LogP contribution in [0.5, 0.6) is 5.75 Å². The third-order valence-electron chi connectivity index (χ3n) is 2.96. The van der Waals surface area contributed by atoms with Gasteiger partial charge in [0.2, 0.25) is 0 Å². The molecule has 8 heteroatoms. The van der Waals surface area contributed by atoms with Crippen LogP contribution < -0.4 is 15.4 Å². The van der Waals surface area contributed by atoms with Crippen molar-refractivity contribution in [1.82, 2.24) is 10.6 Å². The van der Waals surface area contributed by atoms with Crippen molar-refractivity contribution in [2.24, 2.45) is 4.99 Å². The molecule has 0 bridgehead atoms. The Kier molecular flexibility index (Phi) is 11.0. The molecule has 0 saturated carbocycles. The quantitative estimate of drug-likeness (QED) is 0.272. The Hall–Kier alpha value is -1.03. The minimum atomic E-state index is -3.16. The van der Waals surface area contributed by atoms with Gasteiger partial charge < -0.3 is 15.4 Å². The number of hydrogen-bond donors (Lipinski definition) is 2. The minimum absolute atomic E-state index is 0. The van der Waals surface area contributed by atoms with E-state index in [-0.39, 0.29) is 24.0 Å². The highest BCUT2D eigenvalue weighted by molar-refractivity contribution is 14.0. The molecular formula is C15H26IN3O3S. The summed E-state index contributed by atoms with van der Waals surface area (Å²) in [5.41, 5.74) is 0. The van der Waals surface area contributed by atoms with Gasteiger partial charge in [-0.1, -0.05) is 13.3 Å². The molecule has 132 valence electrons. The summed E-state index contributed by atoms with van der Waals surface area (Å²) in [5.74, 6) is 1.40. The summed E-state index contributed by atoms with van der Waals surface area (Å²) >= 11 is 0. The lowest BCUT2D eigenvalue weighted by Gasteiger charge is -2.12. The van der Waals surface area contributed by atoms with E-state index in [1.54, 1.807) is 31.3 Å². The van der Waals surface area contributed by atoms with Crippen LogP contribution >= 0.6 is 24.0 Å². The van der Waals surface area contributed by atoms with Gasteiger partial charge in [0.1, 0.15) is 12.4 Å². The lowest BCUT2D eigenvalue weighted by Crippen LogP contribution is -2.39. The standard InChI is InChI=1S/C15H25N3O3S.HI/c1-4-5-10-17-15(16-2)18-11-12-21-13-6-8-14(9-7-13)22(3,19)20;/h6-9H,4-5,10-12H2,1-3H3,(H2,16,17,18);1H. The molecule has 0 atom stereocenters. The summed E-state index contributed by atoms with van der Waals surface area (Å²) in [6.07, 6.45) is 3.42. The first-order valence-electron chi connectivity index (χ1n) is 7.34. The maximum absolute atomic E-state index is 11.3. The zero-order chi connectivity index (χ0) is 16.4. The van der Waals surface area contributed by atoms with Crippen molar-refractivity contribution >= 4 is 39.8 Å². The highest BCUT2D eigenvalue weighted by atomic mass is 127. The summed E-state index contributed by atoms with van der Waals surface area (Å²) in [6.45, 7) is 4.11. The third kappa shape index (κ3) is 8.99. The fourth-order valence-corrected chi connectivity index (χ4v) is 2.36. The predicted octanol–water partition coefficient (Wildman–Crippen LogP) is 2.05. The number of halogens is 1. The maximum Gasteiger partial charge on any atom is 0.191 e. The Morgan fingerprint density at radius 3 is 2.30 bits per heavy atom. The van der Waals surface area contributed by atoms with E-state index < -0.39 is 9.84 Å². The van der Waals surface area contributed by atoms with Gasteiger partial charge in [0, 0.05) is 19.8 Å². The molecule has 0 unspecified atom stereocenters. The van der Waals surface area contributed by atoms with E-state index in [2.05, 4.69) is 22.5 Å². The summed E-state index contributed by atoms with van der Waals surface area (Å²) in [5, 5.41) is 6.36. The molecule has 1 aromatic rings. The molecule has 2 N–H and O–H groups in total. The van der Waals surface area contributed by atoms with E-state index in [1.165, 1.54) is 6.26 Å². The second-order valence-corrected chi connectivity index (χ2v) is 6.89. The predicted molar refractivity (Wildman–Crippen MR) is 105 cm³/mol. The van der Waals surface area contributed by atoms with Crippen molar-refractivity contribution in [2.75, 3.05) is 33.0 Å². The van der Waals surface area contributed by atoms with Crippen molar-refractivity contribution in [3.8, 4) is 5.75 Å². The Balaban J connectivity index is 0.00000484. The molecule has 0 amide bonds. The van der Waals surface area contributed by atoms with Gasteiger partial charge in [0.05, 0.1) is 11.4 Å². The van der Waals surface area contributed by atoms with Crippen LogP contribution in [-0.2, 0) is 9.84 Å². The van der Waals surface area contributed by atoms with Gasteiger partial charge in [0.15, 0.2) is 15.8 Å². The van der Waals surface area contributed by atoms with E-state index in [4.69, 9.17) is 4.74 Å². The first kappa shape index (κ1) is 22.0. The number of benzene rings is 1. The third-order valence-corrected chi connectivity index (χ3v) is 4.09. The van der Waals surface area contributed by atoms with Gasteiger partial charge >= 0.3 is 0 Å². The van der Waals surface area contributed by atoms with Crippen LogP contribution in [0.1, 0.15) is 19.8 Å². The van der Waals surface area contributed by atoms with Crippen LogP contribution in [0.2, 0.25) is 0 Å². The molecule has 0 spiro atoms. The van der Waals surface area contributed by atoms with Gasteiger partial charge in [0.25, 0.3) is 0 Å². The van der Waals surface area contributed by atoms with Gasteiger partial charge in [-0.15, -0.1) is 24.0 Å². The highest BCUT2D eigenvalue weighted by Gasteiger charge is 2.06. The summed E-state index contributed by atoms with van der Waals surface area (Å²) in [6, 6.07) is 6.40. The van der Waals surface area contributed by atoms with Crippen LogP contribution in [0, 0.1) is 0 Å². The smallest absolute Gasteiger partial charge is 0.191 e. The van der Waals surface area contributed by atoms with Gasteiger partial charge in [-0.3, -0.25) is 4.99 Å². The van der Waals surface area contributed by atoms with Crippen molar-refractivity contribution < 1.29 is 13.2 Å². The van der Waals surface area contributed by atoms with Crippen molar-refractivity contribution in [2.45, 2.75) is 24.7 Å². The molecule has 0 radical (unpaired) electrons. The molecule has 0 fully saturated rings. The van der Waals surface area contributed by atoms with Gasteiger partial charge in [-0.2, -0.15) is 0 Å². The second kappa shape index (κ2) is 11.5. The van der Waals surface area contributed by atoms with Crippen LogP contribution in [0.15, 0.2) is 34.2 Å². The number of ether oxygens (including phenoxy) is 1. The number of guanidine groups is 1. The minimum Gasteiger partial charge on any atom is -0.492 e. The van der Waals surface area contributed by atoms with E-state index >= 15 is 0 Å². The van der Waals surface area contributed by atoms with Crippen LogP contribution in [0.4, 0.5) is 0 Å². The van der Waals surface area contributed by atoms with E-state index in [0.29, 0.717) is 23.8 Å². The fraction of sp³-hybridized carbons (Fsp3) is 0.533. The molecule has 0 aliphatic rings. The molecule has 0 aromatic heterocycles. The first-order valence-corrected chi connectivity index (χ1v) is 9.24. The fourth-order valence-electron chi connectivity index (χ4n) is 1.73. The Bertz CT molecular complexity index is 574. The van der Waals surface area contributed by atoms with Crippen LogP contribution in [-0.4, -0.2) is 47.4 Å². The van der Waals surface area contributed by atoms with Crippen molar-refractivity contribution in [3.05, 3.63) is 24.3 Å². The summed E-state index contributed by atoms with van der Waals surface area (Å²) < 4.78 is 28.3. The molecule has 0 aliphatic heterocycles. The number of rotatable bonds is 8. The molecule has 0 heterocycles. The molecular weight excluding hydrogens is 429 g/mol. The SMILES string of the molecule is CCCCNC(=NC)NCCOc1ccc(S(C)(=O)=O)cc1.I. The van der Waals surface area contributed by atoms with Crippen LogP contribution in [0.25, 0.3) is 0 Å². The zero-order valence-electron chi connectivity index (χ0n) is 13.8. The average Bonchev–Trinajstić information content (AvgIpc) is 2.49. The number of sulfone groups is 1. The number of hydrogen-bond acceptors (Lipinski definition) is 4. The van der Waals surface area contributed by atoms with Crippen molar-refractivity contribution in [1.29, 1.82) is 0 Å². The Morgan fingerprint density at radius 2 is 1.78 bits per heavy atom. The first-order chi connectivity index (χ1) is 10.5. The lowest BCUT2D eigenvalue weighted by atomic mass is 10.3. The van der Waals surface area contributed by atoms with Crippen LogP contribution in [0.3, 0.4) is 0 Å². The maximum atomic E-state index is 11.3.